The molecule has 3 N–H and O–H groups in total. The van der Waals surface area contributed by atoms with Gasteiger partial charge >= 0.3 is 0 Å². The second-order valence-electron chi connectivity index (χ2n) is 7.27. The third-order valence-electron chi connectivity index (χ3n) is 5.44. The summed E-state index contributed by atoms with van der Waals surface area (Å²) in [6, 6.07) is 11.1. The molecule has 30 heavy (non-hydrogen) atoms. The van der Waals surface area contributed by atoms with Crippen LogP contribution < -0.4 is 10.6 Å². The van der Waals surface area contributed by atoms with Gasteiger partial charge in [-0.15, -0.1) is 0 Å². The van der Waals surface area contributed by atoms with Gasteiger partial charge in [0, 0.05) is 35.9 Å². The number of carbonyl (C=O) groups excluding carboxylic acids is 1. The van der Waals surface area contributed by atoms with Gasteiger partial charge in [0.05, 0.1) is 46.7 Å². The molecule has 5 rings (SSSR count). The van der Waals surface area contributed by atoms with E-state index in [0.29, 0.717) is 46.8 Å². The maximum absolute atomic E-state index is 12.8. The van der Waals surface area contributed by atoms with E-state index in [-0.39, 0.29) is 0 Å². The van der Waals surface area contributed by atoms with Crippen LogP contribution in [0.15, 0.2) is 42.6 Å². The molecule has 0 spiro atoms. The summed E-state index contributed by atoms with van der Waals surface area (Å²) >= 11 is 0. The van der Waals surface area contributed by atoms with E-state index < -0.39 is 12.6 Å². The molecule has 0 bridgehead atoms. The van der Waals surface area contributed by atoms with Gasteiger partial charge < -0.3 is 20.4 Å². The average Bonchev–Trinajstić information content (AvgIpc) is 3.16. The molecular formula is C22H20FN5O2. The van der Waals surface area contributed by atoms with E-state index in [9.17, 15) is 9.18 Å². The minimum Gasteiger partial charge on any atom is -0.378 e. The number of aromatic nitrogens is 3. The average molecular weight is 405 g/mol. The molecule has 152 valence electrons. The molecule has 0 atom stereocenters. The molecule has 1 saturated heterocycles. The number of H-pyrrole nitrogens is 1. The normalized spacial score (nSPS) is 14.5. The largest absolute Gasteiger partial charge is 0.378 e. The quantitative estimate of drug-likeness (QED) is 0.544. The van der Waals surface area contributed by atoms with Crippen molar-refractivity contribution < 1.29 is 13.9 Å². The Morgan fingerprint density at radius 2 is 2.03 bits per heavy atom. The maximum Gasteiger partial charge on any atom is 0.250 e. The first kappa shape index (κ1) is 18.5. The molecule has 0 aliphatic carbocycles. The smallest absolute Gasteiger partial charge is 0.250 e. The van der Waals surface area contributed by atoms with Crippen molar-refractivity contribution in [3.05, 3.63) is 53.9 Å². The summed E-state index contributed by atoms with van der Waals surface area (Å²) in [5, 5.41) is 0.902. The van der Waals surface area contributed by atoms with Gasteiger partial charge in [-0.25, -0.2) is 9.37 Å². The predicted molar refractivity (Wildman–Crippen MR) is 113 cm³/mol. The standard InChI is InChI=1S/C22H20FN5O2/c23-11-14-2-1-13(12-25-14)18-10-17(22(24)29)21-20(26-18)16-4-3-15(9-19(16)27-21)28-5-7-30-8-6-28/h1-4,9-10,12,27H,5-8,11H2,(H2,24,29). The van der Waals surface area contributed by atoms with Gasteiger partial charge in [0.15, 0.2) is 0 Å². The number of aromatic amines is 1. The number of alkyl halides is 1. The molecule has 0 radical (unpaired) electrons. The number of nitrogens with one attached hydrogen (secondary N) is 1. The lowest BCUT2D eigenvalue weighted by Crippen LogP contribution is -2.36. The zero-order chi connectivity index (χ0) is 20.7. The Kier molecular flexibility index (Phi) is 4.55. The highest BCUT2D eigenvalue weighted by molar-refractivity contribution is 6.14. The zero-order valence-corrected chi connectivity index (χ0v) is 16.2. The van der Waals surface area contributed by atoms with Crippen molar-refractivity contribution in [3.8, 4) is 11.3 Å². The lowest BCUT2D eigenvalue weighted by atomic mass is 10.1. The molecule has 1 amide bonds. The first-order valence-electron chi connectivity index (χ1n) is 9.74. The number of primary amides is 1. The number of fused-ring (bicyclic) bond motifs is 3. The Morgan fingerprint density at radius 1 is 1.20 bits per heavy atom. The van der Waals surface area contributed by atoms with E-state index >= 15 is 0 Å². The van der Waals surface area contributed by atoms with Crippen LogP contribution in [-0.4, -0.2) is 47.2 Å². The molecule has 7 nitrogen and oxygen atoms in total. The highest BCUT2D eigenvalue weighted by Crippen LogP contribution is 2.32. The van der Waals surface area contributed by atoms with Crippen molar-refractivity contribution in [1.82, 2.24) is 15.0 Å². The van der Waals surface area contributed by atoms with Gasteiger partial charge in [-0.1, -0.05) is 0 Å². The Hall–Kier alpha value is -3.52. The van der Waals surface area contributed by atoms with Crippen LogP contribution in [0.5, 0.6) is 0 Å². The van der Waals surface area contributed by atoms with Crippen LogP contribution in [0, 0.1) is 0 Å². The van der Waals surface area contributed by atoms with Crippen molar-refractivity contribution >= 4 is 33.5 Å². The summed E-state index contributed by atoms with van der Waals surface area (Å²) in [6.07, 6.45) is 1.55. The number of hydrogen-bond acceptors (Lipinski definition) is 5. The van der Waals surface area contributed by atoms with Gasteiger partial charge in [-0.05, 0) is 36.4 Å². The molecule has 4 heterocycles. The number of hydrogen-bond donors (Lipinski definition) is 2. The molecule has 1 aromatic carbocycles. The number of carbonyl (C=O) groups is 1. The summed E-state index contributed by atoms with van der Waals surface area (Å²) in [5.41, 5.74) is 10.9. The molecule has 1 fully saturated rings. The van der Waals surface area contributed by atoms with Crippen LogP contribution in [0.25, 0.3) is 33.2 Å². The molecule has 1 aliphatic rings. The molecular weight excluding hydrogens is 385 g/mol. The Morgan fingerprint density at radius 3 is 2.73 bits per heavy atom. The van der Waals surface area contributed by atoms with E-state index in [1.54, 1.807) is 24.4 Å². The lowest BCUT2D eigenvalue weighted by Gasteiger charge is -2.28. The van der Waals surface area contributed by atoms with E-state index in [1.807, 2.05) is 6.07 Å². The van der Waals surface area contributed by atoms with Gasteiger partial charge in [0.25, 0.3) is 5.91 Å². The van der Waals surface area contributed by atoms with Gasteiger partial charge in [-0.3, -0.25) is 9.78 Å². The third-order valence-corrected chi connectivity index (χ3v) is 5.44. The van der Waals surface area contributed by atoms with Crippen LogP contribution in [-0.2, 0) is 11.4 Å². The van der Waals surface area contributed by atoms with E-state index in [2.05, 4.69) is 27.0 Å². The maximum atomic E-state index is 12.8. The van der Waals surface area contributed by atoms with Crippen molar-refractivity contribution in [3.63, 3.8) is 0 Å². The van der Waals surface area contributed by atoms with Crippen LogP contribution in [0.4, 0.5) is 10.1 Å². The summed E-state index contributed by atoms with van der Waals surface area (Å²) in [7, 11) is 0. The third kappa shape index (κ3) is 3.15. The minimum absolute atomic E-state index is 0.345. The number of halogens is 1. The van der Waals surface area contributed by atoms with Gasteiger partial charge in [0.1, 0.15) is 6.67 Å². The highest BCUT2D eigenvalue weighted by atomic mass is 19.1. The number of nitrogens with two attached hydrogens (primary N) is 1. The number of pyridine rings is 2. The summed E-state index contributed by atoms with van der Waals surface area (Å²) in [6.45, 7) is 2.45. The van der Waals surface area contributed by atoms with Crippen LogP contribution in [0.2, 0.25) is 0 Å². The number of morpholine rings is 1. The fourth-order valence-electron chi connectivity index (χ4n) is 3.86. The number of ether oxygens (including phenoxy) is 1. The second kappa shape index (κ2) is 7.38. The Balaban J connectivity index is 1.67. The topological polar surface area (TPSA) is 97.1 Å². The molecule has 8 heteroatoms. The summed E-state index contributed by atoms with van der Waals surface area (Å²) in [5.74, 6) is -0.544. The Labute approximate surface area is 171 Å². The zero-order valence-electron chi connectivity index (χ0n) is 16.2. The van der Waals surface area contributed by atoms with E-state index in [4.69, 9.17) is 15.5 Å². The fraction of sp³-hybridized carbons (Fsp3) is 0.227. The number of benzene rings is 1. The summed E-state index contributed by atoms with van der Waals surface area (Å²) < 4.78 is 18.2. The van der Waals surface area contributed by atoms with Crippen molar-refractivity contribution in [2.75, 3.05) is 31.2 Å². The first-order valence-corrected chi connectivity index (χ1v) is 9.74. The van der Waals surface area contributed by atoms with Crippen molar-refractivity contribution in [2.45, 2.75) is 6.67 Å². The molecule has 3 aromatic heterocycles. The van der Waals surface area contributed by atoms with E-state index in [1.165, 1.54) is 0 Å². The number of nitrogens with zero attached hydrogens (tertiary/aromatic N) is 3. The molecule has 4 aromatic rings. The monoisotopic (exact) mass is 405 g/mol. The van der Waals surface area contributed by atoms with Crippen LogP contribution in [0.3, 0.4) is 0 Å². The number of amides is 1. The molecule has 1 aliphatic heterocycles. The summed E-state index contributed by atoms with van der Waals surface area (Å²) in [4.78, 5) is 26.6. The van der Waals surface area contributed by atoms with E-state index in [0.717, 1.165) is 29.7 Å². The lowest BCUT2D eigenvalue weighted by molar-refractivity contribution is 0.100. The van der Waals surface area contributed by atoms with Crippen LogP contribution >= 0.6 is 0 Å². The predicted octanol–water partition coefficient (Wildman–Crippen LogP) is 3.18. The van der Waals surface area contributed by atoms with Gasteiger partial charge in [0.2, 0.25) is 0 Å². The number of rotatable bonds is 4. The van der Waals surface area contributed by atoms with Gasteiger partial charge in [-0.2, -0.15) is 0 Å². The Bertz CT molecular complexity index is 1250. The fourth-order valence-corrected chi connectivity index (χ4v) is 3.86. The molecule has 0 saturated carbocycles. The second-order valence-corrected chi connectivity index (χ2v) is 7.27. The number of anilines is 1. The molecule has 0 unspecified atom stereocenters. The highest BCUT2D eigenvalue weighted by Gasteiger charge is 2.18. The van der Waals surface area contributed by atoms with Crippen molar-refractivity contribution in [1.29, 1.82) is 0 Å². The minimum atomic E-state index is -0.632. The van der Waals surface area contributed by atoms with Crippen molar-refractivity contribution in [2.24, 2.45) is 5.73 Å². The first-order chi connectivity index (χ1) is 14.6. The SMILES string of the molecule is NC(=O)c1cc(-c2ccc(CF)nc2)nc2c1[nH]c1cc(N3CCOCC3)ccc12. The van der Waals surface area contributed by atoms with Crippen LogP contribution in [0.1, 0.15) is 16.1 Å².